The Morgan fingerprint density at radius 3 is 2.48 bits per heavy atom. The molecule has 156 valence electrons. The highest BCUT2D eigenvalue weighted by atomic mass is 32.2. The number of rotatable bonds is 5. The maximum atomic E-state index is 11.8. The average Bonchev–Trinajstić information content (AvgIpc) is 2.72. The molecule has 6 nitrogen and oxygen atoms in total. The third kappa shape index (κ3) is 4.61. The van der Waals surface area contributed by atoms with Gasteiger partial charge in [-0.15, -0.1) is 0 Å². The number of hydrogen-bond donors (Lipinski definition) is 0. The number of anilines is 1. The lowest BCUT2D eigenvalue weighted by Gasteiger charge is -2.33. The van der Waals surface area contributed by atoms with Crippen LogP contribution in [0.5, 0.6) is 0 Å². The van der Waals surface area contributed by atoms with Gasteiger partial charge in [0.2, 0.25) is 10.0 Å². The molecule has 29 heavy (non-hydrogen) atoms. The van der Waals surface area contributed by atoms with Crippen molar-refractivity contribution in [2.75, 3.05) is 37.3 Å². The molecular formula is C22H30N4O2S. The van der Waals surface area contributed by atoms with Crippen LogP contribution in [0.1, 0.15) is 47.8 Å². The summed E-state index contributed by atoms with van der Waals surface area (Å²) in [5.74, 6) is 2.22. The number of sulfonamides is 1. The van der Waals surface area contributed by atoms with E-state index in [2.05, 4.69) is 42.2 Å². The maximum Gasteiger partial charge on any atom is 0.211 e. The second-order valence-electron chi connectivity index (χ2n) is 8.23. The highest BCUT2D eigenvalue weighted by molar-refractivity contribution is 7.88. The van der Waals surface area contributed by atoms with E-state index in [0.717, 1.165) is 62.5 Å². The Morgan fingerprint density at radius 2 is 1.79 bits per heavy atom. The second kappa shape index (κ2) is 8.40. The van der Waals surface area contributed by atoms with E-state index in [1.165, 1.54) is 17.4 Å². The van der Waals surface area contributed by atoms with Crippen LogP contribution in [-0.2, 0) is 22.9 Å². The molecule has 4 rings (SSSR count). The van der Waals surface area contributed by atoms with Gasteiger partial charge in [0.15, 0.2) is 0 Å². The van der Waals surface area contributed by atoms with Crippen LogP contribution in [0.4, 0.5) is 5.82 Å². The molecule has 7 heteroatoms. The third-order valence-electron chi connectivity index (χ3n) is 6.17. The normalized spacial score (nSPS) is 18.6. The molecule has 0 N–H and O–H groups in total. The van der Waals surface area contributed by atoms with Crippen molar-refractivity contribution in [1.29, 1.82) is 0 Å². The standard InChI is InChI=1S/C22H30N4O2S/c1-17-20-9-6-13-25(14-10-18-7-4-3-5-8-18)22(20)24-21(23-17)19-11-15-26(16-12-19)29(2,27)28/h3-5,7-8,19H,6,9-16H2,1-2H3. The predicted molar refractivity (Wildman–Crippen MR) is 116 cm³/mol. The van der Waals surface area contributed by atoms with Gasteiger partial charge in [0, 0.05) is 43.4 Å². The molecule has 0 radical (unpaired) electrons. The minimum Gasteiger partial charge on any atom is -0.356 e. The van der Waals surface area contributed by atoms with E-state index in [0.29, 0.717) is 13.1 Å². The van der Waals surface area contributed by atoms with Gasteiger partial charge in [0.05, 0.1) is 6.26 Å². The second-order valence-corrected chi connectivity index (χ2v) is 10.2. The maximum absolute atomic E-state index is 11.8. The monoisotopic (exact) mass is 414 g/mol. The van der Waals surface area contributed by atoms with Crippen LogP contribution in [-0.4, -0.2) is 55.1 Å². The largest absolute Gasteiger partial charge is 0.356 e. The van der Waals surface area contributed by atoms with Gasteiger partial charge in [-0.05, 0) is 44.6 Å². The zero-order valence-electron chi connectivity index (χ0n) is 17.3. The third-order valence-corrected chi connectivity index (χ3v) is 7.47. The molecule has 2 aliphatic heterocycles. The van der Waals surface area contributed by atoms with Gasteiger partial charge in [-0.1, -0.05) is 30.3 Å². The fourth-order valence-corrected chi connectivity index (χ4v) is 5.34. The van der Waals surface area contributed by atoms with Crippen LogP contribution in [0.25, 0.3) is 0 Å². The smallest absolute Gasteiger partial charge is 0.211 e. The molecule has 1 aromatic heterocycles. The summed E-state index contributed by atoms with van der Waals surface area (Å²) in [6, 6.07) is 10.6. The number of aromatic nitrogens is 2. The van der Waals surface area contributed by atoms with Crippen molar-refractivity contribution in [2.45, 2.75) is 44.9 Å². The van der Waals surface area contributed by atoms with E-state index in [-0.39, 0.29) is 5.92 Å². The number of nitrogens with zero attached hydrogens (tertiary/aromatic N) is 4. The highest BCUT2D eigenvalue weighted by Gasteiger charge is 2.29. The molecule has 2 aromatic rings. The lowest BCUT2D eigenvalue weighted by molar-refractivity contribution is 0.315. The van der Waals surface area contributed by atoms with Crippen molar-refractivity contribution in [3.05, 3.63) is 53.0 Å². The molecule has 0 atom stereocenters. The summed E-state index contributed by atoms with van der Waals surface area (Å²) in [7, 11) is -3.11. The molecule has 0 spiro atoms. The Kier molecular flexibility index (Phi) is 5.88. The summed E-state index contributed by atoms with van der Waals surface area (Å²) in [5.41, 5.74) is 3.71. The highest BCUT2D eigenvalue weighted by Crippen LogP contribution is 2.32. The van der Waals surface area contributed by atoms with Crippen LogP contribution in [0.3, 0.4) is 0 Å². The zero-order valence-corrected chi connectivity index (χ0v) is 18.2. The first kappa shape index (κ1) is 20.3. The first-order valence-electron chi connectivity index (χ1n) is 10.5. The number of hydrogen-bond acceptors (Lipinski definition) is 5. The van der Waals surface area contributed by atoms with Crippen molar-refractivity contribution in [3.63, 3.8) is 0 Å². The molecule has 0 aliphatic carbocycles. The average molecular weight is 415 g/mol. The summed E-state index contributed by atoms with van der Waals surface area (Å²) in [5, 5.41) is 0. The van der Waals surface area contributed by atoms with Crippen molar-refractivity contribution in [2.24, 2.45) is 0 Å². The first-order chi connectivity index (χ1) is 13.9. The van der Waals surface area contributed by atoms with Gasteiger partial charge >= 0.3 is 0 Å². The molecule has 1 fully saturated rings. The van der Waals surface area contributed by atoms with E-state index in [4.69, 9.17) is 9.97 Å². The van der Waals surface area contributed by atoms with E-state index in [1.54, 1.807) is 4.31 Å². The Bertz CT molecular complexity index is 954. The van der Waals surface area contributed by atoms with Crippen molar-refractivity contribution >= 4 is 15.8 Å². The van der Waals surface area contributed by atoms with Crippen LogP contribution < -0.4 is 4.90 Å². The van der Waals surface area contributed by atoms with Gasteiger partial charge < -0.3 is 4.90 Å². The number of fused-ring (bicyclic) bond motifs is 1. The molecule has 0 bridgehead atoms. The van der Waals surface area contributed by atoms with Gasteiger partial charge in [-0.3, -0.25) is 0 Å². The SMILES string of the molecule is Cc1nc(C2CCN(S(C)(=O)=O)CC2)nc2c1CCCN2CCc1ccccc1. The van der Waals surface area contributed by atoms with Gasteiger partial charge in [-0.2, -0.15) is 0 Å². The molecule has 1 saturated heterocycles. The number of aryl methyl sites for hydroxylation is 1. The van der Waals surface area contributed by atoms with Gasteiger partial charge in [0.1, 0.15) is 11.6 Å². The first-order valence-corrected chi connectivity index (χ1v) is 12.4. The molecule has 0 amide bonds. The Labute approximate surface area is 174 Å². The summed E-state index contributed by atoms with van der Waals surface area (Å²) >= 11 is 0. The minimum absolute atomic E-state index is 0.231. The van der Waals surface area contributed by atoms with E-state index in [1.807, 2.05) is 0 Å². The lowest BCUT2D eigenvalue weighted by Crippen LogP contribution is -2.38. The van der Waals surface area contributed by atoms with E-state index >= 15 is 0 Å². The minimum atomic E-state index is -3.11. The van der Waals surface area contributed by atoms with Crippen molar-refractivity contribution in [3.8, 4) is 0 Å². The molecule has 1 aromatic carbocycles. The molecule has 0 saturated carbocycles. The Hall–Kier alpha value is -1.99. The van der Waals surface area contributed by atoms with Crippen LogP contribution in [0, 0.1) is 6.92 Å². The summed E-state index contributed by atoms with van der Waals surface area (Å²) < 4.78 is 25.2. The number of benzene rings is 1. The molecule has 2 aliphatic rings. The quantitative estimate of drug-likeness (QED) is 0.753. The fourth-order valence-electron chi connectivity index (χ4n) is 4.46. The number of piperidine rings is 1. The van der Waals surface area contributed by atoms with Gasteiger partial charge in [-0.25, -0.2) is 22.7 Å². The van der Waals surface area contributed by atoms with Gasteiger partial charge in [0.25, 0.3) is 0 Å². The van der Waals surface area contributed by atoms with Crippen LogP contribution in [0.15, 0.2) is 30.3 Å². The predicted octanol–water partition coefficient (Wildman–Crippen LogP) is 2.92. The Morgan fingerprint density at radius 1 is 1.07 bits per heavy atom. The van der Waals surface area contributed by atoms with E-state index in [9.17, 15) is 8.42 Å². The van der Waals surface area contributed by atoms with Crippen molar-refractivity contribution < 1.29 is 8.42 Å². The Balaban J connectivity index is 1.52. The lowest BCUT2D eigenvalue weighted by atomic mass is 9.96. The zero-order chi connectivity index (χ0) is 20.4. The van der Waals surface area contributed by atoms with Crippen LogP contribution in [0.2, 0.25) is 0 Å². The summed E-state index contributed by atoms with van der Waals surface area (Å²) in [4.78, 5) is 12.3. The molecular weight excluding hydrogens is 384 g/mol. The topological polar surface area (TPSA) is 66.4 Å². The summed E-state index contributed by atoms with van der Waals surface area (Å²) in [6.45, 7) is 5.19. The van der Waals surface area contributed by atoms with Crippen LogP contribution >= 0.6 is 0 Å². The van der Waals surface area contributed by atoms with Crippen molar-refractivity contribution in [1.82, 2.24) is 14.3 Å². The molecule has 0 unspecified atom stereocenters. The van der Waals surface area contributed by atoms with E-state index < -0.39 is 10.0 Å². The molecule has 3 heterocycles. The summed E-state index contributed by atoms with van der Waals surface area (Å²) in [6.07, 6.45) is 6.04. The fraction of sp³-hybridized carbons (Fsp3) is 0.545.